The normalized spacial score (nSPS) is 15.4. The molecule has 1 saturated heterocycles. The smallest absolute Gasteiger partial charge is 0.233 e. The Morgan fingerprint density at radius 2 is 1.97 bits per heavy atom. The van der Waals surface area contributed by atoms with Crippen molar-refractivity contribution in [3.63, 3.8) is 0 Å². The van der Waals surface area contributed by atoms with Gasteiger partial charge in [0.25, 0.3) is 0 Å². The number of nitrogens with zero attached hydrogens (tertiary/aromatic N) is 2. The Balaban J connectivity index is 1.50. The van der Waals surface area contributed by atoms with Crippen molar-refractivity contribution >= 4 is 11.9 Å². The molecule has 0 spiro atoms. The third kappa shape index (κ3) is 7.92. The third-order valence-corrected chi connectivity index (χ3v) is 5.65. The second kappa shape index (κ2) is 12.8. The second-order valence-electron chi connectivity index (χ2n) is 7.95. The summed E-state index contributed by atoms with van der Waals surface area (Å²) in [4.78, 5) is 18.6. The Kier molecular flexibility index (Phi) is 9.43. The molecule has 1 aromatic heterocycles. The lowest BCUT2D eigenvalue weighted by atomic mass is 10.1. The van der Waals surface area contributed by atoms with Crippen LogP contribution >= 0.6 is 0 Å². The molecule has 0 unspecified atom stereocenters. The summed E-state index contributed by atoms with van der Waals surface area (Å²) >= 11 is 0. The standard InChI is InChI=1S/C24H35N5O3/c1-25-23(30)18-29-15-11-20(12-16-29)28-24(27-14-10-22-4-3-17-32-22)26-13-9-19-5-7-21(31-2)8-6-19/h3-8,17,20H,9-16,18H2,1-2H3,(H,25,30)(H2,26,27,28). The quantitative estimate of drug-likeness (QED) is 0.385. The van der Waals surface area contributed by atoms with E-state index in [1.165, 1.54) is 5.56 Å². The molecule has 0 radical (unpaired) electrons. The summed E-state index contributed by atoms with van der Waals surface area (Å²) in [6.07, 6.45) is 5.32. The summed E-state index contributed by atoms with van der Waals surface area (Å²) in [6, 6.07) is 12.4. The first-order valence-electron chi connectivity index (χ1n) is 11.3. The van der Waals surface area contributed by atoms with Crippen molar-refractivity contribution in [2.45, 2.75) is 31.7 Å². The van der Waals surface area contributed by atoms with Crippen molar-refractivity contribution in [2.75, 3.05) is 46.9 Å². The molecule has 2 heterocycles. The predicted octanol–water partition coefficient (Wildman–Crippen LogP) is 1.82. The largest absolute Gasteiger partial charge is 0.497 e. The van der Waals surface area contributed by atoms with Gasteiger partial charge in [0.2, 0.25) is 5.91 Å². The van der Waals surface area contributed by atoms with E-state index in [1.54, 1.807) is 20.4 Å². The number of ether oxygens (including phenoxy) is 1. The van der Waals surface area contributed by atoms with Gasteiger partial charge in [-0.1, -0.05) is 12.1 Å². The molecule has 32 heavy (non-hydrogen) atoms. The minimum absolute atomic E-state index is 0.0665. The Labute approximate surface area is 190 Å². The molecular weight excluding hydrogens is 406 g/mol. The highest BCUT2D eigenvalue weighted by Crippen LogP contribution is 2.12. The van der Waals surface area contributed by atoms with Crippen LogP contribution in [-0.2, 0) is 17.6 Å². The molecule has 1 aliphatic heterocycles. The van der Waals surface area contributed by atoms with E-state index in [0.29, 0.717) is 19.1 Å². The number of methoxy groups -OCH3 is 1. The van der Waals surface area contributed by atoms with E-state index in [9.17, 15) is 4.79 Å². The zero-order valence-corrected chi connectivity index (χ0v) is 19.1. The van der Waals surface area contributed by atoms with Crippen LogP contribution < -0.4 is 20.7 Å². The highest BCUT2D eigenvalue weighted by molar-refractivity contribution is 5.80. The lowest BCUT2D eigenvalue weighted by Crippen LogP contribution is -2.50. The predicted molar refractivity (Wildman–Crippen MR) is 126 cm³/mol. The molecule has 1 aromatic carbocycles. The Bertz CT molecular complexity index is 828. The van der Waals surface area contributed by atoms with E-state index in [0.717, 1.165) is 62.8 Å². The topological polar surface area (TPSA) is 91.1 Å². The number of amides is 1. The summed E-state index contributed by atoms with van der Waals surface area (Å²) in [7, 11) is 3.36. The number of piperidine rings is 1. The summed E-state index contributed by atoms with van der Waals surface area (Å²) in [5.41, 5.74) is 1.25. The van der Waals surface area contributed by atoms with Gasteiger partial charge in [-0.05, 0) is 49.1 Å². The number of carbonyl (C=O) groups is 1. The van der Waals surface area contributed by atoms with Crippen molar-refractivity contribution in [2.24, 2.45) is 4.99 Å². The number of nitrogens with one attached hydrogen (secondary N) is 3. The van der Waals surface area contributed by atoms with Crippen LogP contribution in [0.4, 0.5) is 0 Å². The number of furan rings is 1. The molecule has 1 aliphatic rings. The fraction of sp³-hybridized carbons (Fsp3) is 0.500. The van der Waals surface area contributed by atoms with Crippen LogP contribution in [0.1, 0.15) is 24.2 Å². The van der Waals surface area contributed by atoms with Crippen LogP contribution in [0.3, 0.4) is 0 Å². The van der Waals surface area contributed by atoms with E-state index in [1.807, 2.05) is 24.3 Å². The fourth-order valence-corrected chi connectivity index (χ4v) is 3.71. The molecule has 174 valence electrons. The van der Waals surface area contributed by atoms with Gasteiger partial charge in [-0.3, -0.25) is 14.7 Å². The SMILES string of the molecule is CNC(=O)CN1CCC(NC(=NCCc2ccco2)NCCc2ccc(OC)cc2)CC1. The first kappa shape index (κ1) is 23.7. The van der Waals surface area contributed by atoms with E-state index in [2.05, 4.69) is 33.0 Å². The highest BCUT2D eigenvalue weighted by Gasteiger charge is 2.21. The van der Waals surface area contributed by atoms with Crippen molar-refractivity contribution in [3.8, 4) is 5.75 Å². The van der Waals surface area contributed by atoms with Crippen LogP contribution in [0.15, 0.2) is 52.1 Å². The van der Waals surface area contributed by atoms with Gasteiger partial charge in [0, 0.05) is 45.7 Å². The van der Waals surface area contributed by atoms with Crippen LogP contribution in [-0.4, -0.2) is 69.7 Å². The Morgan fingerprint density at radius 3 is 2.62 bits per heavy atom. The van der Waals surface area contributed by atoms with Gasteiger partial charge < -0.3 is 25.1 Å². The van der Waals surface area contributed by atoms with Crippen LogP contribution in [0, 0.1) is 0 Å². The Hall–Kier alpha value is -3.00. The number of benzene rings is 1. The monoisotopic (exact) mass is 441 g/mol. The molecule has 3 rings (SSSR count). The molecule has 0 bridgehead atoms. The van der Waals surface area contributed by atoms with Gasteiger partial charge in [-0.2, -0.15) is 0 Å². The maximum atomic E-state index is 11.6. The zero-order valence-electron chi connectivity index (χ0n) is 19.1. The van der Waals surface area contributed by atoms with E-state index in [-0.39, 0.29) is 5.91 Å². The average molecular weight is 442 g/mol. The van der Waals surface area contributed by atoms with Crippen LogP contribution in [0.2, 0.25) is 0 Å². The number of rotatable bonds is 10. The van der Waals surface area contributed by atoms with Crippen molar-refractivity contribution in [1.29, 1.82) is 0 Å². The van der Waals surface area contributed by atoms with E-state index in [4.69, 9.17) is 14.1 Å². The van der Waals surface area contributed by atoms with Crippen molar-refractivity contribution in [3.05, 3.63) is 54.0 Å². The maximum Gasteiger partial charge on any atom is 0.233 e. The molecule has 3 N–H and O–H groups in total. The molecule has 8 nitrogen and oxygen atoms in total. The van der Waals surface area contributed by atoms with Gasteiger partial charge >= 0.3 is 0 Å². The van der Waals surface area contributed by atoms with Gasteiger partial charge in [0.1, 0.15) is 11.5 Å². The maximum absolute atomic E-state index is 11.6. The lowest BCUT2D eigenvalue weighted by molar-refractivity contribution is -0.122. The van der Waals surface area contributed by atoms with Crippen molar-refractivity contribution in [1.82, 2.24) is 20.9 Å². The summed E-state index contributed by atoms with van der Waals surface area (Å²) < 4.78 is 10.6. The molecule has 0 atom stereocenters. The summed E-state index contributed by atoms with van der Waals surface area (Å²) in [5.74, 6) is 2.70. The first-order chi connectivity index (χ1) is 15.7. The minimum Gasteiger partial charge on any atom is -0.497 e. The van der Waals surface area contributed by atoms with Crippen LogP contribution in [0.25, 0.3) is 0 Å². The molecule has 8 heteroatoms. The second-order valence-corrected chi connectivity index (χ2v) is 7.95. The van der Waals surface area contributed by atoms with E-state index >= 15 is 0 Å². The van der Waals surface area contributed by atoms with Crippen molar-refractivity contribution < 1.29 is 13.9 Å². The number of likely N-dealkylation sites (tertiary alicyclic amines) is 1. The molecule has 0 aliphatic carbocycles. The van der Waals surface area contributed by atoms with Gasteiger partial charge in [-0.25, -0.2) is 0 Å². The van der Waals surface area contributed by atoms with Gasteiger partial charge in [0.05, 0.1) is 19.9 Å². The average Bonchev–Trinajstić information content (AvgIpc) is 3.34. The number of carbonyl (C=O) groups excluding carboxylic acids is 1. The number of guanidine groups is 1. The minimum atomic E-state index is 0.0665. The number of aliphatic imine (C=N–C) groups is 1. The molecule has 1 fully saturated rings. The number of likely N-dealkylation sites (N-methyl/N-ethyl adjacent to an activating group) is 1. The zero-order chi connectivity index (χ0) is 22.6. The molecule has 2 aromatic rings. The number of hydrogen-bond acceptors (Lipinski definition) is 5. The van der Waals surface area contributed by atoms with E-state index < -0.39 is 0 Å². The molecule has 0 saturated carbocycles. The third-order valence-electron chi connectivity index (χ3n) is 5.65. The Morgan fingerprint density at radius 1 is 1.19 bits per heavy atom. The molecular formula is C24H35N5O3. The van der Waals surface area contributed by atoms with Crippen LogP contribution in [0.5, 0.6) is 5.75 Å². The van der Waals surface area contributed by atoms with Gasteiger partial charge in [0.15, 0.2) is 5.96 Å². The highest BCUT2D eigenvalue weighted by atomic mass is 16.5. The molecule has 1 amide bonds. The number of hydrogen-bond donors (Lipinski definition) is 3. The van der Waals surface area contributed by atoms with Gasteiger partial charge in [-0.15, -0.1) is 0 Å². The summed E-state index contributed by atoms with van der Waals surface area (Å²) in [6.45, 7) is 3.70. The lowest BCUT2D eigenvalue weighted by Gasteiger charge is -2.32. The summed E-state index contributed by atoms with van der Waals surface area (Å²) in [5, 5.41) is 9.76. The first-order valence-corrected chi connectivity index (χ1v) is 11.3. The fourth-order valence-electron chi connectivity index (χ4n) is 3.71.